The summed E-state index contributed by atoms with van der Waals surface area (Å²) >= 11 is 0. The number of rotatable bonds is 4. The Morgan fingerprint density at radius 3 is 2.16 bits per heavy atom. The summed E-state index contributed by atoms with van der Waals surface area (Å²) < 4.78 is 2.36. The summed E-state index contributed by atoms with van der Waals surface area (Å²) in [5.41, 5.74) is 9.39. The SMILES string of the molecule is C=Cc1c(/C=C\C)n(-c2ccc(-c3ccccc3)cc2)c2cc3cc4c(cc3cc12)[nH]c1ccccc14. The molecule has 7 rings (SSSR count). The van der Waals surface area contributed by atoms with Crippen molar-refractivity contribution in [3.8, 4) is 16.8 Å². The number of para-hydroxylation sites is 1. The molecule has 0 spiro atoms. The van der Waals surface area contributed by atoms with Crippen molar-refractivity contribution >= 4 is 55.6 Å². The van der Waals surface area contributed by atoms with Crippen molar-refractivity contribution < 1.29 is 0 Å². The van der Waals surface area contributed by atoms with Gasteiger partial charge in [-0.25, -0.2) is 0 Å². The maximum Gasteiger partial charge on any atom is 0.0547 e. The highest BCUT2D eigenvalue weighted by molar-refractivity contribution is 6.14. The zero-order valence-electron chi connectivity index (χ0n) is 20.7. The molecule has 1 N–H and O–H groups in total. The van der Waals surface area contributed by atoms with Gasteiger partial charge in [-0.2, -0.15) is 0 Å². The Morgan fingerprint density at radius 2 is 1.38 bits per heavy atom. The highest BCUT2D eigenvalue weighted by atomic mass is 15.0. The van der Waals surface area contributed by atoms with Crippen molar-refractivity contribution in [2.75, 3.05) is 0 Å². The molecule has 37 heavy (non-hydrogen) atoms. The number of nitrogens with one attached hydrogen (secondary N) is 1. The molecule has 7 aromatic rings. The molecule has 2 heteroatoms. The molecule has 0 saturated heterocycles. The van der Waals surface area contributed by atoms with Gasteiger partial charge < -0.3 is 9.55 Å². The van der Waals surface area contributed by atoms with E-state index in [9.17, 15) is 0 Å². The van der Waals surface area contributed by atoms with E-state index in [1.807, 2.05) is 6.08 Å². The summed E-state index contributed by atoms with van der Waals surface area (Å²) in [6, 6.07) is 37.1. The molecule has 2 aromatic heterocycles. The normalized spacial score (nSPS) is 11.9. The van der Waals surface area contributed by atoms with Crippen molar-refractivity contribution in [3.63, 3.8) is 0 Å². The Hall–Kier alpha value is -4.82. The lowest BCUT2D eigenvalue weighted by atomic mass is 10.0. The van der Waals surface area contributed by atoms with Crippen LogP contribution in [-0.4, -0.2) is 9.55 Å². The molecule has 5 aromatic carbocycles. The molecule has 0 saturated carbocycles. The first-order chi connectivity index (χ1) is 18.2. The smallest absolute Gasteiger partial charge is 0.0547 e. The largest absolute Gasteiger partial charge is 0.354 e. The Labute approximate surface area is 215 Å². The topological polar surface area (TPSA) is 20.7 Å². The third-order valence-electron chi connectivity index (χ3n) is 7.39. The average Bonchev–Trinajstić information content (AvgIpc) is 3.45. The summed E-state index contributed by atoms with van der Waals surface area (Å²) in [5, 5.41) is 6.17. The van der Waals surface area contributed by atoms with E-state index in [1.54, 1.807) is 0 Å². The van der Waals surface area contributed by atoms with Gasteiger partial charge in [0.1, 0.15) is 0 Å². The van der Waals surface area contributed by atoms with Crippen LogP contribution in [0.5, 0.6) is 0 Å². The minimum absolute atomic E-state index is 1.14. The van der Waals surface area contributed by atoms with Gasteiger partial charge in [-0.15, -0.1) is 0 Å². The van der Waals surface area contributed by atoms with Gasteiger partial charge in [0.05, 0.1) is 11.2 Å². The molecule has 0 aliphatic rings. The number of H-pyrrole nitrogens is 1. The van der Waals surface area contributed by atoms with E-state index < -0.39 is 0 Å². The molecule has 0 fully saturated rings. The summed E-state index contributed by atoms with van der Waals surface area (Å²) in [4.78, 5) is 3.59. The van der Waals surface area contributed by atoms with E-state index in [0.717, 1.165) is 22.5 Å². The third kappa shape index (κ3) is 3.34. The first-order valence-corrected chi connectivity index (χ1v) is 12.7. The molecule has 0 unspecified atom stereocenters. The Morgan fingerprint density at radius 1 is 0.676 bits per heavy atom. The minimum atomic E-state index is 1.14. The molecular formula is C35H26N2. The number of aromatic amines is 1. The molecule has 2 nitrogen and oxygen atoms in total. The van der Waals surface area contributed by atoms with E-state index in [0.29, 0.717) is 0 Å². The number of allylic oxidation sites excluding steroid dienone is 1. The molecule has 0 aliphatic heterocycles. The van der Waals surface area contributed by atoms with Crippen molar-refractivity contribution in [2.24, 2.45) is 0 Å². The molecule has 0 atom stereocenters. The van der Waals surface area contributed by atoms with Crippen LogP contribution in [0.15, 0.2) is 116 Å². The molecule has 0 amide bonds. The van der Waals surface area contributed by atoms with Gasteiger partial charge in [0, 0.05) is 38.4 Å². The fourth-order valence-electron chi connectivity index (χ4n) is 5.67. The zero-order valence-corrected chi connectivity index (χ0v) is 20.7. The van der Waals surface area contributed by atoms with Gasteiger partial charge in [-0.05, 0) is 77.4 Å². The number of fused-ring (bicyclic) bond motifs is 5. The molecule has 0 bridgehead atoms. The quantitative estimate of drug-likeness (QED) is 0.262. The number of nitrogens with zero attached hydrogens (tertiary/aromatic N) is 1. The van der Waals surface area contributed by atoms with Crippen molar-refractivity contribution in [3.05, 3.63) is 127 Å². The van der Waals surface area contributed by atoms with Crippen LogP contribution in [0.2, 0.25) is 0 Å². The predicted molar refractivity (Wildman–Crippen MR) is 160 cm³/mol. The van der Waals surface area contributed by atoms with Crippen LogP contribution in [0, 0.1) is 0 Å². The van der Waals surface area contributed by atoms with Gasteiger partial charge in [0.2, 0.25) is 0 Å². The second-order valence-electron chi connectivity index (χ2n) is 9.54. The van der Waals surface area contributed by atoms with Crippen LogP contribution in [0.3, 0.4) is 0 Å². The molecular weight excluding hydrogens is 448 g/mol. The van der Waals surface area contributed by atoms with Gasteiger partial charge in [0.15, 0.2) is 0 Å². The molecule has 0 aliphatic carbocycles. The molecule has 0 radical (unpaired) electrons. The molecule has 2 heterocycles. The minimum Gasteiger partial charge on any atom is -0.354 e. The maximum absolute atomic E-state index is 4.19. The maximum atomic E-state index is 4.19. The van der Waals surface area contributed by atoms with Gasteiger partial charge in [-0.3, -0.25) is 0 Å². The number of benzene rings is 5. The van der Waals surface area contributed by atoms with E-state index >= 15 is 0 Å². The van der Waals surface area contributed by atoms with Crippen LogP contribution in [0.4, 0.5) is 0 Å². The Kier molecular flexibility index (Phi) is 4.87. The van der Waals surface area contributed by atoms with E-state index in [-0.39, 0.29) is 0 Å². The summed E-state index contributed by atoms with van der Waals surface area (Å²) in [7, 11) is 0. The molecule has 176 valence electrons. The van der Waals surface area contributed by atoms with Crippen molar-refractivity contribution in [1.29, 1.82) is 0 Å². The summed E-state index contributed by atoms with van der Waals surface area (Å²) in [6.45, 7) is 6.26. The summed E-state index contributed by atoms with van der Waals surface area (Å²) in [5.74, 6) is 0. The van der Waals surface area contributed by atoms with Crippen LogP contribution in [0.1, 0.15) is 18.2 Å². The first kappa shape index (κ1) is 21.5. The fraction of sp³-hybridized carbons (Fsp3) is 0.0286. The lowest BCUT2D eigenvalue weighted by Gasteiger charge is -2.11. The zero-order chi connectivity index (χ0) is 24.9. The lowest BCUT2D eigenvalue weighted by molar-refractivity contribution is 1.11. The number of aromatic nitrogens is 2. The van der Waals surface area contributed by atoms with Gasteiger partial charge >= 0.3 is 0 Å². The van der Waals surface area contributed by atoms with Crippen molar-refractivity contribution in [1.82, 2.24) is 9.55 Å². The van der Waals surface area contributed by atoms with Crippen LogP contribution < -0.4 is 0 Å². The van der Waals surface area contributed by atoms with E-state index in [1.165, 1.54) is 49.1 Å². The number of hydrogen-bond donors (Lipinski definition) is 1. The number of hydrogen-bond acceptors (Lipinski definition) is 0. The fourth-order valence-corrected chi connectivity index (χ4v) is 5.67. The second-order valence-corrected chi connectivity index (χ2v) is 9.54. The van der Waals surface area contributed by atoms with Crippen LogP contribution in [-0.2, 0) is 0 Å². The highest BCUT2D eigenvalue weighted by Crippen LogP contribution is 2.37. The standard InChI is InChI=1S/C35H26N2/c1-3-10-34-28(4-2)31-20-25-21-33-30(29-13-8-9-14-32(29)36-33)19-26(25)22-35(31)37(34)27-17-15-24(16-18-27)23-11-6-5-7-12-23/h3-22,36H,2H2,1H3/b10-3-. The van der Waals surface area contributed by atoms with Crippen LogP contribution in [0.25, 0.3) is 72.4 Å². The summed E-state index contributed by atoms with van der Waals surface area (Å²) in [6.07, 6.45) is 6.27. The van der Waals surface area contributed by atoms with Gasteiger partial charge in [-0.1, -0.05) is 79.4 Å². The van der Waals surface area contributed by atoms with E-state index in [4.69, 9.17) is 0 Å². The lowest BCUT2D eigenvalue weighted by Crippen LogP contribution is -1.97. The highest BCUT2D eigenvalue weighted by Gasteiger charge is 2.17. The Balaban J connectivity index is 1.50. The third-order valence-corrected chi connectivity index (χ3v) is 7.39. The van der Waals surface area contributed by atoms with Gasteiger partial charge in [0.25, 0.3) is 0 Å². The van der Waals surface area contributed by atoms with Crippen LogP contribution >= 0.6 is 0 Å². The monoisotopic (exact) mass is 474 g/mol. The van der Waals surface area contributed by atoms with Crippen molar-refractivity contribution in [2.45, 2.75) is 6.92 Å². The second kappa shape index (κ2) is 8.39. The average molecular weight is 475 g/mol. The van der Waals surface area contributed by atoms with E-state index in [2.05, 4.69) is 138 Å². The first-order valence-electron chi connectivity index (χ1n) is 12.7. The predicted octanol–water partition coefficient (Wildman–Crippen LogP) is 9.76. The Bertz CT molecular complexity index is 1980.